The molecule has 3 heteroatoms. The summed E-state index contributed by atoms with van der Waals surface area (Å²) in [4.78, 5) is 4.12. The monoisotopic (exact) mass is 292 g/mol. The normalized spacial score (nSPS) is 11.5. The lowest BCUT2D eigenvalue weighted by Crippen LogP contribution is -2.09. The Bertz CT molecular complexity index is 596. The van der Waals surface area contributed by atoms with Gasteiger partial charge in [-0.3, -0.25) is 0 Å². The van der Waals surface area contributed by atoms with Gasteiger partial charge in [0.15, 0.2) is 0 Å². The number of benzene rings is 2. The maximum atomic E-state index is 4.12. The Morgan fingerprint density at radius 2 is 1.52 bits per heavy atom. The summed E-state index contributed by atoms with van der Waals surface area (Å²) in [7, 11) is -0.170. The van der Waals surface area contributed by atoms with Crippen LogP contribution in [-0.4, -0.2) is 19.1 Å². The summed E-state index contributed by atoms with van der Waals surface area (Å²) in [6.07, 6.45) is 7.01. The van der Waals surface area contributed by atoms with Crippen LogP contribution in [0.4, 0.5) is 0 Å². The first-order valence-electron chi connectivity index (χ1n) is 7.49. The average Bonchev–Trinajstić information content (AvgIpc) is 3.07. The van der Waals surface area contributed by atoms with Gasteiger partial charge < -0.3 is 4.57 Å². The maximum Gasteiger partial charge on any atom is 0.0942 e. The molecule has 106 valence electrons. The van der Waals surface area contributed by atoms with E-state index in [1.807, 2.05) is 12.5 Å². The van der Waals surface area contributed by atoms with Gasteiger partial charge in [0.25, 0.3) is 0 Å². The fraction of sp³-hybridized carbons (Fsp3) is 0.167. The molecule has 0 atom stereocenters. The molecule has 3 rings (SSSR count). The smallest absolute Gasteiger partial charge is 0.0942 e. The van der Waals surface area contributed by atoms with E-state index in [1.54, 1.807) is 0 Å². The lowest BCUT2D eigenvalue weighted by molar-refractivity contribution is 0.844. The van der Waals surface area contributed by atoms with Crippen molar-refractivity contribution in [1.82, 2.24) is 9.55 Å². The van der Waals surface area contributed by atoms with Crippen LogP contribution in [0.25, 0.3) is 0 Å². The minimum Gasteiger partial charge on any atom is -0.341 e. The number of rotatable bonds is 6. The molecule has 21 heavy (non-hydrogen) atoms. The molecule has 0 saturated carbocycles. The average molecular weight is 292 g/mol. The molecule has 0 radical (unpaired) electrons. The molecule has 0 fully saturated rings. The summed E-state index contributed by atoms with van der Waals surface area (Å²) in [6, 6.07) is 23.0. The van der Waals surface area contributed by atoms with Crippen LogP contribution in [0.5, 0.6) is 0 Å². The second-order valence-corrected chi connectivity index (χ2v) is 7.05. The van der Waals surface area contributed by atoms with Crippen molar-refractivity contribution in [3.63, 3.8) is 0 Å². The number of hydrogen-bond donors (Lipinski definition) is 0. The lowest BCUT2D eigenvalue weighted by atomic mass is 9.93. The predicted octanol–water partition coefficient (Wildman–Crippen LogP) is 3.26. The van der Waals surface area contributed by atoms with Crippen molar-refractivity contribution < 1.29 is 0 Å². The molecule has 2 nitrogen and oxygen atoms in total. The molecule has 3 aromatic rings. The molecule has 2 aromatic carbocycles. The number of hydrogen-bond acceptors (Lipinski definition) is 1. The van der Waals surface area contributed by atoms with Crippen LogP contribution in [0.1, 0.15) is 17.0 Å². The van der Waals surface area contributed by atoms with Gasteiger partial charge in [0.2, 0.25) is 0 Å². The van der Waals surface area contributed by atoms with Crippen molar-refractivity contribution in [3.05, 3.63) is 90.5 Å². The summed E-state index contributed by atoms with van der Waals surface area (Å²) >= 11 is 0. The Morgan fingerprint density at radius 1 is 0.905 bits per heavy atom. The van der Waals surface area contributed by atoms with Crippen LogP contribution in [0.3, 0.4) is 0 Å². The highest BCUT2D eigenvalue weighted by Crippen LogP contribution is 2.28. The third-order valence-electron chi connectivity index (χ3n) is 3.87. The van der Waals surface area contributed by atoms with E-state index in [4.69, 9.17) is 0 Å². The number of aromatic nitrogens is 2. The van der Waals surface area contributed by atoms with Crippen LogP contribution in [-0.2, 0) is 6.17 Å². The van der Waals surface area contributed by atoms with Crippen LogP contribution in [0.15, 0.2) is 79.4 Å². The molecule has 0 spiro atoms. The van der Waals surface area contributed by atoms with Crippen LogP contribution < -0.4 is 0 Å². The van der Waals surface area contributed by atoms with Crippen molar-refractivity contribution in [2.45, 2.75) is 18.1 Å². The van der Waals surface area contributed by atoms with Crippen molar-refractivity contribution >= 4 is 9.52 Å². The number of nitrogens with zero attached hydrogens (tertiary/aromatic N) is 2. The Balaban J connectivity index is 1.73. The molecule has 1 heterocycles. The fourth-order valence-corrected chi connectivity index (χ4v) is 4.68. The van der Waals surface area contributed by atoms with Crippen molar-refractivity contribution in [2.24, 2.45) is 0 Å². The van der Waals surface area contributed by atoms with Gasteiger partial charge >= 0.3 is 0 Å². The Labute approximate surface area is 128 Å². The summed E-state index contributed by atoms with van der Waals surface area (Å²) < 4.78 is 2.21. The first-order valence-corrected chi connectivity index (χ1v) is 9.49. The topological polar surface area (TPSA) is 17.8 Å². The fourth-order valence-electron chi connectivity index (χ4n) is 2.79. The molecule has 0 unspecified atom stereocenters. The summed E-state index contributed by atoms with van der Waals surface area (Å²) in [5, 5.41) is 0. The third-order valence-corrected chi connectivity index (χ3v) is 5.69. The predicted molar refractivity (Wildman–Crippen MR) is 90.3 cm³/mol. The van der Waals surface area contributed by atoms with E-state index in [-0.39, 0.29) is 9.52 Å². The molecule has 1 aromatic heterocycles. The molecule has 0 amide bonds. The first kappa shape index (κ1) is 13.8. The second kappa shape index (κ2) is 7.04. The van der Waals surface area contributed by atoms with E-state index in [2.05, 4.69) is 76.4 Å². The van der Waals surface area contributed by atoms with Gasteiger partial charge in [-0.15, -0.1) is 0 Å². The molecular formula is C18H20N2Si. The van der Waals surface area contributed by atoms with Crippen LogP contribution >= 0.6 is 0 Å². The van der Waals surface area contributed by atoms with Crippen molar-refractivity contribution in [2.75, 3.05) is 0 Å². The first-order chi connectivity index (χ1) is 10.4. The highest BCUT2D eigenvalue weighted by molar-refractivity contribution is 6.34. The van der Waals surface area contributed by atoms with Gasteiger partial charge in [0.1, 0.15) is 0 Å². The highest BCUT2D eigenvalue weighted by Gasteiger charge is 2.13. The molecule has 0 aliphatic carbocycles. The summed E-state index contributed by atoms with van der Waals surface area (Å²) in [5.74, 6) is 0.530. The Hall–Kier alpha value is -2.13. The van der Waals surface area contributed by atoms with Crippen molar-refractivity contribution in [3.8, 4) is 0 Å². The quantitative estimate of drug-likeness (QED) is 0.638. The van der Waals surface area contributed by atoms with Crippen LogP contribution in [0.2, 0.25) is 6.04 Å². The highest BCUT2D eigenvalue weighted by atomic mass is 28.2. The third kappa shape index (κ3) is 3.70. The standard InChI is InChI=1S/C18H20N2Si/c1-3-7-16(8-4-1)18(17-9-5-2-6-10-17)13-21-15-20-12-11-19-14-20/h1-12,14,18H,13,15,21H2. The molecule has 0 bridgehead atoms. The van der Waals surface area contributed by atoms with Crippen molar-refractivity contribution in [1.29, 1.82) is 0 Å². The van der Waals surface area contributed by atoms with E-state index in [1.165, 1.54) is 17.2 Å². The second-order valence-electron chi connectivity index (χ2n) is 5.32. The SMILES string of the molecule is c1ccc(C(C[SiH2]Cn2ccnc2)c2ccccc2)cc1. The maximum absolute atomic E-state index is 4.12. The van der Waals surface area contributed by atoms with Gasteiger partial charge in [-0.05, 0) is 11.1 Å². The van der Waals surface area contributed by atoms with E-state index in [0.29, 0.717) is 5.92 Å². The zero-order valence-corrected chi connectivity index (χ0v) is 13.5. The number of imidazole rings is 1. The minimum absolute atomic E-state index is 0.170. The molecule has 0 saturated heterocycles. The Morgan fingerprint density at radius 3 is 2.05 bits per heavy atom. The van der Waals surface area contributed by atoms with E-state index in [9.17, 15) is 0 Å². The molecule has 0 aliphatic heterocycles. The molecular weight excluding hydrogens is 272 g/mol. The molecule has 0 aliphatic rings. The van der Waals surface area contributed by atoms with Gasteiger partial charge in [-0.2, -0.15) is 0 Å². The largest absolute Gasteiger partial charge is 0.341 e. The van der Waals surface area contributed by atoms with E-state index < -0.39 is 0 Å². The minimum atomic E-state index is -0.170. The van der Waals surface area contributed by atoms with Crippen LogP contribution in [0, 0.1) is 0 Å². The van der Waals surface area contributed by atoms with Gasteiger partial charge in [0, 0.05) is 34.0 Å². The summed E-state index contributed by atoms with van der Waals surface area (Å²) in [5.41, 5.74) is 2.86. The lowest BCUT2D eigenvalue weighted by Gasteiger charge is -2.18. The van der Waals surface area contributed by atoms with Gasteiger partial charge in [-0.1, -0.05) is 66.7 Å². The Kier molecular flexibility index (Phi) is 4.64. The van der Waals surface area contributed by atoms with Gasteiger partial charge in [0.05, 0.1) is 6.33 Å². The zero-order chi connectivity index (χ0) is 14.3. The van der Waals surface area contributed by atoms with E-state index >= 15 is 0 Å². The summed E-state index contributed by atoms with van der Waals surface area (Å²) in [6.45, 7) is 0. The zero-order valence-electron chi connectivity index (χ0n) is 12.1. The van der Waals surface area contributed by atoms with Gasteiger partial charge in [-0.25, -0.2) is 4.98 Å². The van der Waals surface area contributed by atoms with E-state index in [0.717, 1.165) is 6.17 Å². The molecule has 0 N–H and O–H groups in total.